The Bertz CT molecular complexity index is 457. The van der Waals surface area contributed by atoms with E-state index in [2.05, 4.69) is 15.4 Å². The number of hydrogen-bond donors (Lipinski definition) is 2. The van der Waals surface area contributed by atoms with E-state index in [0.29, 0.717) is 11.4 Å². The predicted molar refractivity (Wildman–Crippen MR) is 75.6 cm³/mol. The molecule has 0 bridgehead atoms. The molecule has 0 spiro atoms. The van der Waals surface area contributed by atoms with Crippen LogP contribution in [0.1, 0.15) is 13.8 Å². The number of rotatable bonds is 4. The second-order valence-corrected chi connectivity index (χ2v) is 4.93. The first kappa shape index (κ1) is 15.3. The fourth-order valence-corrected chi connectivity index (χ4v) is 1.29. The molecule has 0 saturated heterocycles. The Balaban J connectivity index is 2.67. The van der Waals surface area contributed by atoms with Gasteiger partial charge in [0.25, 0.3) is 0 Å². The maximum absolute atomic E-state index is 11.9. The van der Waals surface area contributed by atoms with Gasteiger partial charge in [0.05, 0.1) is 12.5 Å². The van der Waals surface area contributed by atoms with Crippen molar-refractivity contribution in [3.8, 4) is 0 Å². The van der Waals surface area contributed by atoms with Crippen LogP contribution in [0.4, 0.5) is 16.2 Å². The number of hydrogen-bond acceptors (Lipinski definition) is 3. The summed E-state index contributed by atoms with van der Waals surface area (Å²) < 4.78 is 4.47. The zero-order valence-corrected chi connectivity index (χ0v) is 11.9. The largest absolute Gasteiger partial charge is 0.453 e. The summed E-state index contributed by atoms with van der Waals surface area (Å²) in [6.45, 7) is 3.53. The molecule has 0 aliphatic heterocycles. The van der Waals surface area contributed by atoms with Gasteiger partial charge in [0.1, 0.15) is 0 Å². The van der Waals surface area contributed by atoms with Crippen LogP contribution in [0, 0.1) is 5.41 Å². The van der Waals surface area contributed by atoms with Crippen LogP contribution in [0.5, 0.6) is 0 Å². The zero-order valence-electron chi connectivity index (χ0n) is 11.1. The number of anilines is 2. The number of benzene rings is 1. The Morgan fingerprint density at radius 1 is 1.16 bits per heavy atom. The molecule has 0 atom stereocenters. The Labute approximate surface area is 117 Å². The first-order chi connectivity index (χ1) is 8.89. The fourth-order valence-electron chi connectivity index (χ4n) is 1.17. The third-order valence-corrected chi connectivity index (χ3v) is 3.19. The Hall–Kier alpha value is -1.75. The summed E-state index contributed by atoms with van der Waals surface area (Å²) in [5, 5.41) is 5.28. The second kappa shape index (κ2) is 6.43. The number of nitrogens with one attached hydrogen (secondary N) is 2. The molecule has 1 aromatic rings. The number of carbonyl (C=O) groups excluding carboxylic acids is 2. The molecule has 0 saturated carbocycles. The summed E-state index contributed by atoms with van der Waals surface area (Å²) in [4.78, 5) is 22.9. The molecule has 0 fully saturated rings. The first-order valence-corrected chi connectivity index (χ1v) is 6.25. The number of halogens is 1. The lowest BCUT2D eigenvalue weighted by Gasteiger charge is -2.20. The standard InChI is InChI=1S/C13H17ClN2O3/c1-13(2,8-14)11(17)15-9-4-6-10(7-5-9)16-12(18)19-3/h4-7H,8H2,1-3H3,(H,15,17)(H,16,18). The molecule has 0 radical (unpaired) electrons. The molecule has 0 unspecified atom stereocenters. The van der Waals surface area contributed by atoms with Crippen molar-refractivity contribution in [2.45, 2.75) is 13.8 Å². The van der Waals surface area contributed by atoms with Crippen LogP contribution in [-0.4, -0.2) is 25.0 Å². The van der Waals surface area contributed by atoms with Gasteiger partial charge in [-0.25, -0.2) is 4.79 Å². The molecule has 0 aromatic heterocycles. The minimum atomic E-state index is -0.634. The summed E-state index contributed by atoms with van der Waals surface area (Å²) in [5.74, 6) is 0.0806. The Morgan fingerprint density at radius 2 is 1.63 bits per heavy atom. The van der Waals surface area contributed by atoms with Crippen molar-refractivity contribution in [2.24, 2.45) is 5.41 Å². The van der Waals surface area contributed by atoms with Crippen LogP contribution in [0.15, 0.2) is 24.3 Å². The Morgan fingerprint density at radius 3 is 2.05 bits per heavy atom. The highest BCUT2D eigenvalue weighted by molar-refractivity contribution is 6.20. The minimum Gasteiger partial charge on any atom is -0.453 e. The van der Waals surface area contributed by atoms with Gasteiger partial charge in [0.2, 0.25) is 5.91 Å². The maximum atomic E-state index is 11.9. The van der Waals surface area contributed by atoms with E-state index in [0.717, 1.165) is 0 Å². The molecule has 5 nitrogen and oxygen atoms in total. The summed E-state index contributed by atoms with van der Waals surface area (Å²) >= 11 is 5.73. The number of amides is 2. The predicted octanol–water partition coefficient (Wildman–Crippen LogP) is 3.07. The third-order valence-electron chi connectivity index (χ3n) is 2.52. The second-order valence-electron chi connectivity index (χ2n) is 4.67. The lowest BCUT2D eigenvalue weighted by Crippen LogP contribution is -2.32. The lowest BCUT2D eigenvalue weighted by molar-refractivity contribution is -0.122. The number of alkyl halides is 1. The molecule has 0 aliphatic rings. The topological polar surface area (TPSA) is 67.4 Å². The molecule has 1 rings (SSSR count). The van der Waals surface area contributed by atoms with Crippen LogP contribution >= 0.6 is 11.6 Å². The molecule has 6 heteroatoms. The third kappa shape index (κ3) is 4.44. The van der Waals surface area contributed by atoms with E-state index in [-0.39, 0.29) is 11.8 Å². The number of carbonyl (C=O) groups is 2. The maximum Gasteiger partial charge on any atom is 0.411 e. The molecule has 0 aliphatic carbocycles. The van der Waals surface area contributed by atoms with E-state index in [1.807, 2.05) is 0 Å². The monoisotopic (exact) mass is 284 g/mol. The smallest absolute Gasteiger partial charge is 0.411 e. The van der Waals surface area contributed by atoms with Crippen molar-refractivity contribution < 1.29 is 14.3 Å². The van der Waals surface area contributed by atoms with Crippen molar-refractivity contribution in [1.82, 2.24) is 0 Å². The molecular formula is C13H17ClN2O3. The Kier molecular flexibility index (Phi) is 5.18. The van der Waals surface area contributed by atoms with Crippen LogP contribution in [0.3, 0.4) is 0 Å². The number of ether oxygens (including phenoxy) is 1. The van der Waals surface area contributed by atoms with Gasteiger partial charge in [-0.2, -0.15) is 0 Å². The van der Waals surface area contributed by atoms with Crippen LogP contribution in [-0.2, 0) is 9.53 Å². The van der Waals surface area contributed by atoms with Gasteiger partial charge in [-0.1, -0.05) is 0 Å². The van der Waals surface area contributed by atoms with Crippen molar-refractivity contribution in [3.05, 3.63) is 24.3 Å². The fraction of sp³-hybridized carbons (Fsp3) is 0.385. The normalized spacial score (nSPS) is 10.7. The van der Waals surface area contributed by atoms with E-state index >= 15 is 0 Å². The van der Waals surface area contributed by atoms with Crippen molar-refractivity contribution in [1.29, 1.82) is 0 Å². The first-order valence-electron chi connectivity index (χ1n) is 5.71. The van der Waals surface area contributed by atoms with E-state index in [1.165, 1.54) is 7.11 Å². The molecule has 0 heterocycles. The van der Waals surface area contributed by atoms with Gasteiger partial charge in [-0.3, -0.25) is 10.1 Å². The molecule has 2 amide bonds. The van der Waals surface area contributed by atoms with Crippen molar-refractivity contribution >= 4 is 35.0 Å². The van der Waals surface area contributed by atoms with Crippen LogP contribution in [0.25, 0.3) is 0 Å². The van der Waals surface area contributed by atoms with Gasteiger partial charge in [0, 0.05) is 17.3 Å². The van der Waals surface area contributed by atoms with Gasteiger partial charge < -0.3 is 10.1 Å². The summed E-state index contributed by atoms with van der Waals surface area (Å²) in [5.41, 5.74) is 0.588. The van der Waals surface area contributed by atoms with E-state index < -0.39 is 11.5 Å². The van der Waals surface area contributed by atoms with Crippen LogP contribution < -0.4 is 10.6 Å². The highest BCUT2D eigenvalue weighted by Gasteiger charge is 2.26. The van der Waals surface area contributed by atoms with Gasteiger partial charge in [0.15, 0.2) is 0 Å². The zero-order chi connectivity index (χ0) is 14.5. The molecule has 1 aromatic carbocycles. The molecule has 104 valence electrons. The SMILES string of the molecule is COC(=O)Nc1ccc(NC(=O)C(C)(C)CCl)cc1. The van der Waals surface area contributed by atoms with Crippen molar-refractivity contribution in [3.63, 3.8) is 0 Å². The molecule has 19 heavy (non-hydrogen) atoms. The lowest BCUT2D eigenvalue weighted by atomic mass is 9.95. The van der Waals surface area contributed by atoms with E-state index in [4.69, 9.17) is 11.6 Å². The molecule has 2 N–H and O–H groups in total. The van der Waals surface area contributed by atoms with Gasteiger partial charge >= 0.3 is 6.09 Å². The molecular weight excluding hydrogens is 268 g/mol. The van der Waals surface area contributed by atoms with E-state index in [9.17, 15) is 9.59 Å². The van der Waals surface area contributed by atoms with Gasteiger partial charge in [-0.05, 0) is 38.1 Å². The summed E-state index contributed by atoms with van der Waals surface area (Å²) in [7, 11) is 1.29. The van der Waals surface area contributed by atoms with Gasteiger partial charge in [-0.15, -0.1) is 11.6 Å². The highest BCUT2D eigenvalue weighted by atomic mass is 35.5. The highest BCUT2D eigenvalue weighted by Crippen LogP contribution is 2.21. The number of methoxy groups -OCH3 is 1. The quantitative estimate of drug-likeness (QED) is 0.835. The minimum absolute atomic E-state index is 0.156. The van der Waals surface area contributed by atoms with E-state index in [1.54, 1.807) is 38.1 Å². The average molecular weight is 285 g/mol. The van der Waals surface area contributed by atoms with Crippen LogP contribution in [0.2, 0.25) is 0 Å². The average Bonchev–Trinajstić information content (AvgIpc) is 2.40. The summed E-state index contributed by atoms with van der Waals surface area (Å²) in [6, 6.07) is 6.71. The van der Waals surface area contributed by atoms with Crippen molar-refractivity contribution in [2.75, 3.05) is 23.6 Å². The summed E-state index contributed by atoms with van der Waals surface area (Å²) in [6.07, 6.45) is -0.542.